The van der Waals surface area contributed by atoms with Crippen LogP contribution in [0.5, 0.6) is 0 Å². The number of hydrogen-bond donors (Lipinski definition) is 1. The van der Waals surface area contributed by atoms with E-state index in [1.807, 2.05) is 25.3 Å². The van der Waals surface area contributed by atoms with E-state index in [2.05, 4.69) is 0 Å². The highest BCUT2D eigenvalue weighted by atomic mass is 35.5. The number of halogens is 1. The number of carbonyl (C=O) groups is 1. The fourth-order valence-corrected chi connectivity index (χ4v) is 1.99. The van der Waals surface area contributed by atoms with E-state index in [4.69, 9.17) is 16.7 Å². The summed E-state index contributed by atoms with van der Waals surface area (Å²) in [4.78, 5) is 13.9. The molecule has 0 atom stereocenters. The fourth-order valence-electron chi connectivity index (χ4n) is 1.76. The minimum atomic E-state index is -0.0946. The van der Waals surface area contributed by atoms with Gasteiger partial charge in [-0.15, -0.1) is 0 Å². The van der Waals surface area contributed by atoms with E-state index in [9.17, 15) is 4.79 Å². The number of rotatable bonds is 5. The molecule has 1 aromatic heterocycles. The van der Waals surface area contributed by atoms with Crippen molar-refractivity contribution in [1.29, 1.82) is 0 Å². The molecule has 0 aromatic carbocycles. The third-order valence-corrected chi connectivity index (χ3v) is 2.85. The smallest absolute Gasteiger partial charge is 0.270 e. The molecule has 0 unspecified atom stereocenters. The Bertz CT molecular complexity index is 388. The van der Waals surface area contributed by atoms with Gasteiger partial charge in [-0.05, 0) is 26.8 Å². The Morgan fingerprint density at radius 1 is 1.59 bits per heavy atom. The lowest BCUT2D eigenvalue weighted by Gasteiger charge is -2.26. The van der Waals surface area contributed by atoms with Gasteiger partial charge in [-0.3, -0.25) is 4.79 Å². The summed E-state index contributed by atoms with van der Waals surface area (Å²) in [5, 5.41) is 9.54. The van der Waals surface area contributed by atoms with Crippen molar-refractivity contribution in [3.63, 3.8) is 0 Å². The Balaban J connectivity index is 3.00. The summed E-state index contributed by atoms with van der Waals surface area (Å²) in [6.07, 6.45) is 1.74. The van der Waals surface area contributed by atoms with Crippen molar-refractivity contribution >= 4 is 17.5 Å². The molecule has 96 valence electrons. The van der Waals surface area contributed by atoms with Crippen LogP contribution >= 0.6 is 11.6 Å². The molecule has 1 aromatic rings. The second kappa shape index (κ2) is 6.07. The van der Waals surface area contributed by atoms with Gasteiger partial charge in [0.05, 0.1) is 11.6 Å². The average Bonchev–Trinajstić information content (AvgIpc) is 2.66. The van der Waals surface area contributed by atoms with Gasteiger partial charge >= 0.3 is 0 Å². The van der Waals surface area contributed by atoms with Gasteiger partial charge in [0, 0.05) is 25.3 Å². The van der Waals surface area contributed by atoms with Crippen LogP contribution in [0.1, 0.15) is 31.3 Å². The molecule has 0 radical (unpaired) electrons. The van der Waals surface area contributed by atoms with Crippen LogP contribution in [0.25, 0.3) is 0 Å². The van der Waals surface area contributed by atoms with Crippen molar-refractivity contribution in [1.82, 2.24) is 9.47 Å². The molecule has 0 fully saturated rings. The van der Waals surface area contributed by atoms with Crippen molar-refractivity contribution in [2.45, 2.75) is 33.4 Å². The third-order valence-electron chi connectivity index (χ3n) is 2.65. The van der Waals surface area contributed by atoms with Crippen LogP contribution in [0.2, 0.25) is 5.02 Å². The van der Waals surface area contributed by atoms with Gasteiger partial charge in [0.2, 0.25) is 0 Å². The topological polar surface area (TPSA) is 45.5 Å². The summed E-state index contributed by atoms with van der Waals surface area (Å²) in [6.45, 7) is 6.80. The van der Waals surface area contributed by atoms with Crippen molar-refractivity contribution in [2.24, 2.45) is 0 Å². The number of aliphatic hydroxyl groups excluding tert-OH is 1. The molecule has 0 saturated carbocycles. The molecule has 0 aliphatic carbocycles. The first-order valence-electron chi connectivity index (χ1n) is 5.78. The van der Waals surface area contributed by atoms with Gasteiger partial charge in [-0.1, -0.05) is 11.6 Å². The zero-order valence-corrected chi connectivity index (χ0v) is 11.2. The number of amides is 1. The Kier molecular flexibility index (Phi) is 5.02. The Labute approximate surface area is 107 Å². The molecule has 0 aliphatic heterocycles. The second-order valence-electron chi connectivity index (χ2n) is 4.15. The number of hydrogen-bond acceptors (Lipinski definition) is 2. The van der Waals surface area contributed by atoms with Crippen molar-refractivity contribution < 1.29 is 9.90 Å². The summed E-state index contributed by atoms with van der Waals surface area (Å²) in [7, 11) is 0. The summed E-state index contributed by atoms with van der Waals surface area (Å²) >= 11 is 5.91. The largest absolute Gasteiger partial charge is 0.395 e. The van der Waals surface area contributed by atoms with Crippen LogP contribution in [0.15, 0.2) is 12.3 Å². The lowest BCUT2D eigenvalue weighted by Crippen LogP contribution is -2.39. The highest BCUT2D eigenvalue weighted by Crippen LogP contribution is 2.17. The number of nitrogens with zero attached hydrogens (tertiary/aromatic N) is 2. The zero-order valence-electron chi connectivity index (χ0n) is 10.5. The van der Waals surface area contributed by atoms with Gasteiger partial charge in [0.25, 0.3) is 5.91 Å². The first kappa shape index (κ1) is 14.1. The van der Waals surface area contributed by atoms with Gasteiger partial charge in [0.1, 0.15) is 5.69 Å². The molecule has 4 nitrogen and oxygen atoms in total. The Morgan fingerprint density at radius 3 is 2.71 bits per heavy atom. The van der Waals surface area contributed by atoms with E-state index < -0.39 is 0 Å². The van der Waals surface area contributed by atoms with E-state index >= 15 is 0 Å². The number of aliphatic hydroxyl groups is 1. The summed E-state index contributed by atoms with van der Waals surface area (Å²) < 4.78 is 1.82. The van der Waals surface area contributed by atoms with Crippen LogP contribution in [0, 0.1) is 0 Å². The van der Waals surface area contributed by atoms with Crippen LogP contribution in [-0.4, -0.2) is 39.7 Å². The normalized spacial score (nSPS) is 10.9. The predicted octanol–water partition coefficient (Wildman–Crippen LogP) is 2.00. The second-order valence-corrected chi connectivity index (χ2v) is 4.58. The molecule has 5 heteroatoms. The van der Waals surface area contributed by atoms with Gasteiger partial charge < -0.3 is 14.6 Å². The van der Waals surface area contributed by atoms with Crippen molar-refractivity contribution in [3.05, 3.63) is 23.0 Å². The highest BCUT2D eigenvalue weighted by Gasteiger charge is 2.21. The minimum absolute atomic E-state index is 0.0372. The molecular weight excluding hydrogens is 240 g/mol. The van der Waals surface area contributed by atoms with Gasteiger partial charge in [-0.2, -0.15) is 0 Å². The summed E-state index contributed by atoms with van der Waals surface area (Å²) in [5.41, 5.74) is 0.569. The number of aromatic nitrogens is 1. The molecule has 0 saturated heterocycles. The van der Waals surface area contributed by atoms with Crippen LogP contribution in [0.4, 0.5) is 0 Å². The quantitative estimate of drug-likeness (QED) is 0.878. The van der Waals surface area contributed by atoms with Crippen LogP contribution in [-0.2, 0) is 6.54 Å². The predicted molar refractivity (Wildman–Crippen MR) is 68.4 cm³/mol. The molecule has 1 N–H and O–H groups in total. The van der Waals surface area contributed by atoms with Gasteiger partial charge in [-0.25, -0.2) is 0 Å². The molecular formula is C12H19ClN2O2. The molecule has 1 rings (SSSR count). The molecule has 17 heavy (non-hydrogen) atoms. The number of carbonyl (C=O) groups excluding carboxylic acids is 1. The van der Waals surface area contributed by atoms with E-state index in [0.29, 0.717) is 23.8 Å². The van der Waals surface area contributed by atoms with Gasteiger partial charge in [0.15, 0.2) is 0 Å². The van der Waals surface area contributed by atoms with E-state index in [1.54, 1.807) is 17.2 Å². The standard InChI is InChI=1S/C12H19ClN2O2/c1-4-14-8-10(13)7-11(14)12(17)15(5-6-16)9(2)3/h7-9,16H,4-6H2,1-3H3. The molecule has 1 amide bonds. The lowest BCUT2D eigenvalue weighted by atomic mass is 10.2. The summed E-state index contributed by atoms with van der Waals surface area (Å²) in [6, 6.07) is 1.72. The Hall–Kier alpha value is -1.00. The van der Waals surface area contributed by atoms with Crippen LogP contribution in [0.3, 0.4) is 0 Å². The van der Waals surface area contributed by atoms with E-state index in [1.165, 1.54) is 0 Å². The maximum atomic E-state index is 12.3. The summed E-state index contributed by atoms with van der Waals surface area (Å²) in [5.74, 6) is -0.0946. The minimum Gasteiger partial charge on any atom is -0.395 e. The van der Waals surface area contributed by atoms with Crippen LogP contribution < -0.4 is 0 Å². The lowest BCUT2D eigenvalue weighted by molar-refractivity contribution is 0.0654. The molecule has 0 spiro atoms. The molecule has 1 heterocycles. The molecule has 0 bridgehead atoms. The monoisotopic (exact) mass is 258 g/mol. The van der Waals surface area contributed by atoms with Crippen molar-refractivity contribution in [3.8, 4) is 0 Å². The molecule has 0 aliphatic rings. The average molecular weight is 259 g/mol. The number of aryl methyl sites for hydroxylation is 1. The highest BCUT2D eigenvalue weighted by molar-refractivity contribution is 6.31. The first-order chi connectivity index (χ1) is 8.01. The third kappa shape index (κ3) is 3.23. The van der Waals surface area contributed by atoms with E-state index in [0.717, 1.165) is 0 Å². The maximum absolute atomic E-state index is 12.3. The zero-order chi connectivity index (χ0) is 13.0. The van der Waals surface area contributed by atoms with E-state index in [-0.39, 0.29) is 18.6 Å². The van der Waals surface area contributed by atoms with Crippen molar-refractivity contribution in [2.75, 3.05) is 13.2 Å². The first-order valence-corrected chi connectivity index (χ1v) is 6.16. The Morgan fingerprint density at radius 2 is 2.24 bits per heavy atom. The SMILES string of the molecule is CCn1cc(Cl)cc1C(=O)N(CCO)C(C)C. The maximum Gasteiger partial charge on any atom is 0.270 e. The fraction of sp³-hybridized carbons (Fsp3) is 0.583.